The highest BCUT2D eigenvalue weighted by molar-refractivity contribution is 7.11. The fraction of sp³-hybridized carbons (Fsp3) is 0.417. The summed E-state index contributed by atoms with van der Waals surface area (Å²) in [5.74, 6) is -0.0543. The van der Waals surface area contributed by atoms with Crippen molar-refractivity contribution in [2.75, 3.05) is 7.05 Å². The van der Waals surface area contributed by atoms with Crippen LogP contribution in [0, 0.1) is 13.8 Å². The van der Waals surface area contributed by atoms with Crippen molar-refractivity contribution >= 4 is 17.2 Å². The van der Waals surface area contributed by atoms with Crippen LogP contribution in [-0.2, 0) is 0 Å². The first-order chi connectivity index (χ1) is 8.50. The maximum atomic E-state index is 12.2. The zero-order valence-corrected chi connectivity index (χ0v) is 11.7. The van der Waals surface area contributed by atoms with Crippen LogP contribution in [0.1, 0.15) is 38.9 Å². The van der Waals surface area contributed by atoms with Gasteiger partial charge in [0.05, 0.1) is 28.5 Å². The van der Waals surface area contributed by atoms with Gasteiger partial charge in [-0.1, -0.05) is 0 Å². The highest BCUT2D eigenvalue weighted by atomic mass is 32.1. The van der Waals surface area contributed by atoms with Crippen LogP contribution in [0.4, 0.5) is 0 Å². The van der Waals surface area contributed by atoms with Gasteiger partial charge in [-0.25, -0.2) is 4.98 Å². The SMILES string of the molecule is Cc1nc([C@@H](C)N(C)C(=O)c2cn[nH]c2)c(C)s1. The summed E-state index contributed by atoms with van der Waals surface area (Å²) in [5.41, 5.74) is 1.53. The number of H-pyrrole nitrogens is 1. The van der Waals surface area contributed by atoms with Gasteiger partial charge >= 0.3 is 0 Å². The van der Waals surface area contributed by atoms with Crippen LogP contribution in [0.15, 0.2) is 12.4 Å². The second-order valence-electron chi connectivity index (χ2n) is 4.25. The summed E-state index contributed by atoms with van der Waals surface area (Å²) in [6.45, 7) is 6.00. The second-order valence-corrected chi connectivity index (χ2v) is 5.66. The van der Waals surface area contributed by atoms with Crippen LogP contribution in [-0.4, -0.2) is 33.0 Å². The summed E-state index contributed by atoms with van der Waals surface area (Å²) in [6, 6.07) is -0.0441. The Labute approximate surface area is 110 Å². The molecule has 2 rings (SSSR count). The van der Waals surface area contributed by atoms with Crippen LogP contribution < -0.4 is 0 Å². The summed E-state index contributed by atoms with van der Waals surface area (Å²) in [7, 11) is 1.79. The molecule has 0 spiro atoms. The summed E-state index contributed by atoms with van der Waals surface area (Å²) in [5, 5.41) is 7.47. The van der Waals surface area contributed by atoms with Gasteiger partial charge in [0.2, 0.25) is 0 Å². The van der Waals surface area contributed by atoms with Crippen molar-refractivity contribution in [2.45, 2.75) is 26.8 Å². The Balaban J connectivity index is 2.21. The summed E-state index contributed by atoms with van der Waals surface area (Å²) >= 11 is 1.66. The molecule has 0 saturated heterocycles. The molecule has 2 aromatic rings. The van der Waals surface area contributed by atoms with Crippen molar-refractivity contribution in [3.05, 3.63) is 33.5 Å². The Morgan fingerprint density at radius 3 is 2.72 bits per heavy atom. The van der Waals surface area contributed by atoms with E-state index in [1.54, 1.807) is 29.5 Å². The maximum Gasteiger partial charge on any atom is 0.257 e. The molecule has 0 radical (unpaired) electrons. The number of aromatic amines is 1. The monoisotopic (exact) mass is 264 g/mol. The minimum atomic E-state index is -0.0543. The molecular formula is C12H16N4OS. The molecule has 2 heterocycles. The predicted octanol–water partition coefficient (Wildman–Crippen LogP) is 2.32. The van der Waals surface area contributed by atoms with Gasteiger partial charge in [0.15, 0.2) is 0 Å². The van der Waals surface area contributed by atoms with E-state index >= 15 is 0 Å². The average Bonchev–Trinajstić information content (AvgIpc) is 2.96. The molecule has 18 heavy (non-hydrogen) atoms. The number of aromatic nitrogens is 3. The van der Waals surface area contributed by atoms with Crippen LogP contribution >= 0.6 is 11.3 Å². The molecule has 0 fully saturated rings. The summed E-state index contributed by atoms with van der Waals surface area (Å²) in [6.07, 6.45) is 3.13. The minimum Gasteiger partial charge on any atom is -0.333 e. The number of hydrogen-bond donors (Lipinski definition) is 1. The lowest BCUT2D eigenvalue weighted by atomic mass is 10.1. The molecule has 0 unspecified atom stereocenters. The third kappa shape index (κ3) is 2.28. The largest absolute Gasteiger partial charge is 0.333 e. The summed E-state index contributed by atoms with van der Waals surface area (Å²) < 4.78 is 0. The first-order valence-electron chi connectivity index (χ1n) is 5.70. The number of amides is 1. The van der Waals surface area contributed by atoms with Gasteiger partial charge in [0.1, 0.15) is 0 Å². The van der Waals surface area contributed by atoms with E-state index in [4.69, 9.17) is 0 Å². The van der Waals surface area contributed by atoms with Crippen molar-refractivity contribution in [3.8, 4) is 0 Å². The van der Waals surface area contributed by atoms with E-state index in [2.05, 4.69) is 15.2 Å². The molecular weight excluding hydrogens is 248 g/mol. The second kappa shape index (κ2) is 4.89. The van der Waals surface area contributed by atoms with Gasteiger partial charge in [0, 0.05) is 18.1 Å². The molecule has 0 saturated carbocycles. The van der Waals surface area contributed by atoms with E-state index in [0.29, 0.717) is 5.56 Å². The number of nitrogens with one attached hydrogen (secondary N) is 1. The third-order valence-corrected chi connectivity index (χ3v) is 3.88. The van der Waals surface area contributed by atoms with Gasteiger partial charge in [-0.3, -0.25) is 9.89 Å². The highest BCUT2D eigenvalue weighted by Crippen LogP contribution is 2.26. The van der Waals surface area contributed by atoms with Crippen molar-refractivity contribution in [2.24, 2.45) is 0 Å². The standard InChI is InChI=1S/C12H16N4OS/c1-7(11-8(2)18-9(3)15-11)16(4)12(17)10-5-13-14-6-10/h5-7H,1-4H3,(H,13,14)/t7-/m1/s1. The number of nitrogens with zero attached hydrogens (tertiary/aromatic N) is 3. The zero-order valence-electron chi connectivity index (χ0n) is 10.9. The smallest absolute Gasteiger partial charge is 0.257 e. The Morgan fingerprint density at radius 1 is 1.50 bits per heavy atom. The zero-order chi connectivity index (χ0) is 13.3. The Morgan fingerprint density at radius 2 is 2.22 bits per heavy atom. The molecule has 0 bridgehead atoms. The van der Waals surface area contributed by atoms with E-state index in [1.807, 2.05) is 20.8 Å². The lowest BCUT2D eigenvalue weighted by Crippen LogP contribution is -2.30. The Kier molecular flexibility index (Phi) is 3.47. The topological polar surface area (TPSA) is 61.9 Å². The van der Waals surface area contributed by atoms with E-state index in [0.717, 1.165) is 15.6 Å². The summed E-state index contributed by atoms with van der Waals surface area (Å²) in [4.78, 5) is 19.5. The van der Waals surface area contributed by atoms with Crippen LogP contribution in [0.3, 0.4) is 0 Å². The number of carbonyl (C=O) groups excluding carboxylic acids is 1. The molecule has 0 aromatic carbocycles. The number of hydrogen-bond acceptors (Lipinski definition) is 4. The van der Waals surface area contributed by atoms with Crippen molar-refractivity contribution < 1.29 is 4.79 Å². The number of carbonyl (C=O) groups is 1. The van der Waals surface area contributed by atoms with Crippen molar-refractivity contribution in [3.63, 3.8) is 0 Å². The Hall–Kier alpha value is -1.69. The van der Waals surface area contributed by atoms with Crippen LogP contribution in [0.5, 0.6) is 0 Å². The van der Waals surface area contributed by atoms with E-state index < -0.39 is 0 Å². The van der Waals surface area contributed by atoms with Crippen LogP contribution in [0.2, 0.25) is 0 Å². The first-order valence-corrected chi connectivity index (χ1v) is 6.52. The van der Waals surface area contributed by atoms with E-state index in [1.165, 1.54) is 6.20 Å². The first kappa shape index (κ1) is 12.8. The lowest BCUT2D eigenvalue weighted by molar-refractivity contribution is 0.0740. The fourth-order valence-corrected chi connectivity index (χ4v) is 2.77. The lowest BCUT2D eigenvalue weighted by Gasteiger charge is -2.23. The van der Waals surface area contributed by atoms with Gasteiger partial charge in [0.25, 0.3) is 5.91 Å². The molecule has 0 aliphatic carbocycles. The van der Waals surface area contributed by atoms with Crippen molar-refractivity contribution in [1.29, 1.82) is 0 Å². The third-order valence-electron chi connectivity index (χ3n) is 2.98. The van der Waals surface area contributed by atoms with Gasteiger partial charge in [-0.15, -0.1) is 11.3 Å². The Bertz CT molecular complexity index is 546. The van der Waals surface area contributed by atoms with Gasteiger partial charge in [-0.05, 0) is 20.8 Å². The quantitative estimate of drug-likeness (QED) is 0.925. The number of rotatable bonds is 3. The maximum absolute atomic E-state index is 12.2. The normalized spacial score (nSPS) is 12.4. The highest BCUT2D eigenvalue weighted by Gasteiger charge is 2.22. The average molecular weight is 264 g/mol. The predicted molar refractivity (Wildman–Crippen MR) is 70.7 cm³/mol. The van der Waals surface area contributed by atoms with Crippen molar-refractivity contribution in [1.82, 2.24) is 20.1 Å². The molecule has 0 aliphatic rings. The molecule has 2 aromatic heterocycles. The van der Waals surface area contributed by atoms with Gasteiger partial charge < -0.3 is 4.90 Å². The molecule has 96 valence electrons. The molecule has 1 atom stereocenters. The molecule has 5 nitrogen and oxygen atoms in total. The minimum absolute atomic E-state index is 0.0441. The number of thiazole rings is 1. The van der Waals surface area contributed by atoms with Gasteiger partial charge in [-0.2, -0.15) is 5.10 Å². The number of aryl methyl sites for hydroxylation is 2. The molecule has 6 heteroatoms. The molecule has 1 N–H and O–H groups in total. The molecule has 1 amide bonds. The fourth-order valence-electron chi connectivity index (χ4n) is 1.86. The van der Waals surface area contributed by atoms with Crippen LogP contribution in [0.25, 0.3) is 0 Å². The molecule has 0 aliphatic heterocycles. The van der Waals surface area contributed by atoms with E-state index in [9.17, 15) is 4.79 Å². The van der Waals surface area contributed by atoms with E-state index in [-0.39, 0.29) is 11.9 Å².